The van der Waals surface area contributed by atoms with Crippen LogP contribution in [0.15, 0.2) is 56.4 Å². The van der Waals surface area contributed by atoms with Gasteiger partial charge in [0.05, 0.1) is 5.56 Å². The third kappa shape index (κ3) is 2.96. The molecule has 3 rings (SSSR count). The zero-order valence-corrected chi connectivity index (χ0v) is 13.5. The summed E-state index contributed by atoms with van der Waals surface area (Å²) in [6.45, 7) is 0. The van der Waals surface area contributed by atoms with Gasteiger partial charge in [-0.2, -0.15) is 4.98 Å². The number of aromatic hydroxyl groups is 1. The molecule has 3 aromatic rings. The minimum Gasteiger partial charge on any atom is -0.507 e. The number of hydrogen-bond donors (Lipinski definition) is 1. The molecule has 2 aromatic carbocycles. The molecule has 0 bridgehead atoms. The Labute approximate surface area is 134 Å². The van der Waals surface area contributed by atoms with Gasteiger partial charge in [0.2, 0.25) is 5.82 Å². The van der Waals surface area contributed by atoms with Crippen LogP contribution in [0, 0.1) is 0 Å². The summed E-state index contributed by atoms with van der Waals surface area (Å²) < 4.78 is 6.03. The summed E-state index contributed by atoms with van der Waals surface area (Å²) in [4.78, 5) is 5.51. The number of hydrogen-bond acceptors (Lipinski definition) is 5. The van der Waals surface area contributed by atoms with Crippen molar-refractivity contribution in [2.75, 3.05) is 6.26 Å². The average Bonchev–Trinajstić information content (AvgIpc) is 2.97. The van der Waals surface area contributed by atoms with Crippen LogP contribution in [0.25, 0.3) is 22.8 Å². The first-order chi connectivity index (χ1) is 10.2. The van der Waals surface area contributed by atoms with E-state index in [-0.39, 0.29) is 5.75 Å². The fourth-order valence-corrected chi connectivity index (χ4v) is 2.63. The van der Waals surface area contributed by atoms with Crippen LogP contribution in [0.5, 0.6) is 5.75 Å². The summed E-state index contributed by atoms with van der Waals surface area (Å²) in [5, 5.41) is 13.9. The van der Waals surface area contributed by atoms with Gasteiger partial charge in [-0.3, -0.25) is 0 Å². The zero-order valence-electron chi connectivity index (χ0n) is 11.1. The maximum absolute atomic E-state index is 9.93. The Hall–Kier alpha value is -1.79. The molecule has 0 unspecified atom stereocenters. The van der Waals surface area contributed by atoms with Crippen LogP contribution in [-0.4, -0.2) is 21.5 Å². The highest BCUT2D eigenvalue weighted by Crippen LogP contribution is 2.31. The second-order valence-corrected chi connectivity index (χ2v) is 6.11. The van der Waals surface area contributed by atoms with Gasteiger partial charge in [0.25, 0.3) is 5.89 Å². The van der Waals surface area contributed by atoms with Gasteiger partial charge in [0.1, 0.15) is 5.75 Å². The van der Waals surface area contributed by atoms with Crippen molar-refractivity contribution >= 4 is 27.7 Å². The second kappa shape index (κ2) is 5.91. The molecule has 0 aliphatic heterocycles. The molecule has 0 spiro atoms. The van der Waals surface area contributed by atoms with Gasteiger partial charge in [-0.15, -0.1) is 11.8 Å². The van der Waals surface area contributed by atoms with E-state index < -0.39 is 0 Å². The van der Waals surface area contributed by atoms with Crippen molar-refractivity contribution in [2.45, 2.75) is 4.90 Å². The molecule has 0 radical (unpaired) electrons. The molecule has 0 fully saturated rings. The van der Waals surface area contributed by atoms with Gasteiger partial charge < -0.3 is 9.63 Å². The van der Waals surface area contributed by atoms with Crippen molar-refractivity contribution in [3.63, 3.8) is 0 Å². The van der Waals surface area contributed by atoms with E-state index in [0.717, 1.165) is 10.0 Å². The van der Waals surface area contributed by atoms with E-state index in [0.29, 0.717) is 17.3 Å². The number of aromatic nitrogens is 2. The smallest absolute Gasteiger partial charge is 0.261 e. The predicted molar refractivity (Wildman–Crippen MR) is 86.3 cm³/mol. The van der Waals surface area contributed by atoms with E-state index in [1.54, 1.807) is 23.9 Å². The van der Waals surface area contributed by atoms with Crippen molar-refractivity contribution in [1.82, 2.24) is 10.1 Å². The van der Waals surface area contributed by atoms with Crippen LogP contribution in [0.4, 0.5) is 0 Å². The molecule has 0 saturated heterocycles. The Kier molecular flexibility index (Phi) is 3.98. The molecule has 0 aliphatic carbocycles. The molecule has 0 saturated carbocycles. The Bertz CT molecular complexity index is 772. The van der Waals surface area contributed by atoms with Crippen LogP contribution >= 0.6 is 27.7 Å². The molecule has 106 valence electrons. The van der Waals surface area contributed by atoms with Crippen LogP contribution in [0.1, 0.15) is 0 Å². The van der Waals surface area contributed by atoms with Gasteiger partial charge in [-0.25, -0.2) is 0 Å². The summed E-state index contributed by atoms with van der Waals surface area (Å²) in [5.41, 5.74) is 1.39. The number of halogens is 1. The number of rotatable bonds is 3. The summed E-state index contributed by atoms with van der Waals surface area (Å²) in [6, 6.07) is 13.0. The lowest BCUT2D eigenvalue weighted by Crippen LogP contribution is -1.82. The third-order valence-corrected chi connectivity index (χ3v) is 4.20. The van der Waals surface area contributed by atoms with Crippen molar-refractivity contribution in [2.24, 2.45) is 0 Å². The number of nitrogens with zero attached hydrogens (tertiary/aromatic N) is 2. The van der Waals surface area contributed by atoms with Gasteiger partial charge in [0.15, 0.2) is 0 Å². The normalized spacial score (nSPS) is 10.8. The molecule has 1 aromatic heterocycles. The van der Waals surface area contributed by atoms with E-state index in [1.165, 1.54) is 4.90 Å². The Morgan fingerprint density at radius 1 is 1.14 bits per heavy atom. The van der Waals surface area contributed by atoms with E-state index in [2.05, 4.69) is 26.1 Å². The fraction of sp³-hybridized carbons (Fsp3) is 0.0667. The maximum Gasteiger partial charge on any atom is 0.261 e. The van der Waals surface area contributed by atoms with E-state index in [1.807, 2.05) is 36.6 Å². The van der Waals surface area contributed by atoms with Gasteiger partial charge in [-0.1, -0.05) is 21.1 Å². The van der Waals surface area contributed by atoms with Crippen molar-refractivity contribution < 1.29 is 9.63 Å². The Morgan fingerprint density at radius 2 is 1.90 bits per heavy atom. The minimum atomic E-state index is 0.0947. The molecule has 21 heavy (non-hydrogen) atoms. The molecule has 1 heterocycles. The van der Waals surface area contributed by atoms with E-state index in [4.69, 9.17) is 4.52 Å². The standard InChI is InChI=1S/C15H11BrN2O2S/c1-21-11-5-2-9(3-6-11)14-17-15(20-18-14)12-7-4-10(16)8-13(12)19/h2-8,19H,1H3. The van der Waals surface area contributed by atoms with Crippen molar-refractivity contribution in [1.29, 1.82) is 0 Å². The van der Waals surface area contributed by atoms with Crippen molar-refractivity contribution in [3.8, 4) is 28.6 Å². The summed E-state index contributed by atoms with van der Waals surface area (Å²) in [6.07, 6.45) is 2.03. The molecule has 6 heteroatoms. The zero-order chi connectivity index (χ0) is 14.8. The predicted octanol–water partition coefficient (Wildman–Crippen LogP) is 4.59. The van der Waals surface area contributed by atoms with Crippen LogP contribution < -0.4 is 0 Å². The van der Waals surface area contributed by atoms with Gasteiger partial charge in [-0.05, 0) is 48.7 Å². The highest BCUT2D eigenvalue weighted by Gasteiger charge is 2.14. The summed E-state index contributed by atoms with van der Waals surface area (Å²) in [7, 11) is 0. The number of benzene rings is 2. The summed E-state index contributed by atoms with van der Waals surface area (Å²) >= 11 is 4.97. The third-order valence-electron chi connectivity index (χ3n) is 2.96. The van der Waals surface area contributed by atoms with Crippen LogP contribution in [-0.2, 0) is 0 Å². The second-order valence-electron chi connectivity index (χ2n) is 4.31. The number of thioether (sulfide) groups is 1. The molecule has 0 atom stereocenters. The van der Waals surface area contributed by atoms with Gasteiger partial charge in [0, 0.05) is 14.9 Å². The minimum absolute atomic E-state index is 0.0947. The fourth-order valence-electron chi connectivity index (χ4n) is 1.88. The Morgan fingerprint density at radius 3 is 2.57 bits per heavy atom. The first-order valence-corrected chi connectivity index (χ1v) is 8.16. The monoisotopic (exact) mass is 362 g/mol. The first-order valence-electron chi connectivity index (χ1n) is 6.14. The maximum atomic E-state index is 9.93. The lowest BCUT2D eigenvalue weighted by atomic mass is 10.2. The highest BCUT2D eigenvalue weighted by molar-refractivity contribution is 9.10. The largest absolute Gasteiger partial charge is 0.507 e. The van der Waals surface area contributed by atoms with Crippen LogP contribution in [0.2, 0.25) is 0 Å². The molecule has 0 aliphatic rings. The average molecular weight is 363 g/mol. The number of phenols is 1. The molecule has 0 amide bonds. The van der Waals surface area contributed by atoms with E-state index >= 15 is 0 Å². The quantitative estimate of drug-likeness (QED) is 0.690. The number of phenolic OH excluding ortho intramolecular Hbond substituents is 1. The SMILES string of the molecule is CSc1ccc(-c2noc(-c3ccc(Br)cc3O)n2)cc1. The summed E-state index contributed by atoms with van der Waals surface area (Å²) in [5.74, 6) is 0.890. The lowest BCUT2D eigenvalue weighted by molar-refractivity contribution is 0.425. The molecule has 1 N–H and O–H groups in total. The van der Waals surface area contributed by atoms with Crippen LogP contribution in [0.3, 0.4) is 0 Å². The molecule has 4 nitrogen and oxygen atoms in total. The Balaban J connectivity index is 1.95. The first kappa shape index (κ1) is 14.2. The molecular formula is C15H11BrN2O2S. The van der Waals surface area contributed by atoms with E-state index in [9.17, 15) is 5.11 Å². The molecular weight excluding hydrogens is 352 g/mol. The van der Waals surface area contributed by atoms with Gasteiger partial charge >= 0.3 is 0 Å². The highest BCUT2D eigenvalue weighted by atomic mass is 79.9. The topological polar surface area (TPSA) is 59.2 Å². The van der Waals surface area contributed by atoms with Crippen molar-refractivity contribution in [3.05, 3.63) is 46.9 Å². The lowest BCUT2D eigenvalue weighted by Gasteiger charge is -1.99.